The summed E-state index contributed by atoms with van der Waals surface area (Å²) in [6.07, 6.45) is 1.94. The summed E-state index contributed by atoms with van der Waals surface area (Å²) >= 11 is 6.12. The second-order valence-corrected chi connectivity index (χ2v) is 5.70. The summed E-state index contributed by atoms with van der Waals surface area (Å²) in [7, 11) is 1.67. The van der Waals surface area contributed by atoms with Crippen LogP contribution in [0.15, 0.2) is 18.2 Å². The Hall–Kier alpha value is -1.26. The number of nitrogens with zero attached hydrogens (tertiary/aromatic N) is 2. The molecule has 0 bridgehead atoms. The zero-order chi connectivity index (χ0) is 14.2. The van der Waals surface area contributed by atoms with Crippen molar-refractivity contribution >= 4 is 22.6 Å². The quantitative estimate of drug-likeness (QED) is 0.815. The molecule has 1 aliphatic rings. The largest absolute Gasteiger partial charge is 0.494 e. The maximum absolute atomic E-state index is 6.12. The monoisotopic (exact) mass is 294 g/mol. The van der Waals surface area contributed by atoms with Crippen molar-refractivity contribution in [1.29, 1.82) is 0 Å². The van der Waals surface area contributed by atoms with Crippen LogP contribution in [-0.2, 0) is 16.2 Å². The molecule has 2 heterocycles. The van der Waals surface area contributed by atoms with E-state index in [9.17, 15) is 0 Å². The fraction of sp³-hybridized carbons (Fsp3) is 0.533. The first kappa shape index (κ1) is 13.7. The maximum atomic E-state index is 6.12. The molecule has 1 fully saturated rings. The van der Waals surface area contributed by atoms with Gasteiger partial charge in [0.15, 0.2) is 0 Å². The molecule has 0 aliphatic carbocycles. The highest BCUT2D eigenvalue weighted by Crippen LogP contribution is 2.36. The van der Waals surface area contributed by atoms with E-state index in [0.717, 1.165) is 48.7 Å². The smallest absolute Gasteiger partial charge is 0.146 e. The lowest BCUT2D eigenvalue weighted by atomic mass is 9.91. The topological polar surface area (TPSA) is 36.3 Å². The average Bonchev–Trinajstić information content (AvgIpc) is 2.87. The molecule has 5 heteroatoms. The summed E-state index contributed by atoms with van der Waals surface area (Å²) in [6.45, 7) is 3.82. The van der Waals surface area contributed by atoms with E-state index in [2.05, 4.69) is 22.5 Å². The van der Waals surface area contributed by atoms with Crippen molar-refractivity contribution in [2.24, 2.45) is 0 Å². The predicted octanol–water partition coefficient (Wildman–Crippen LogP) is 3.31. The highest BCUT2D eigenvalue weighted by atomic mass is 35.5. The van der Waals surface area contributed by atoms with Gasteiger partial charge in [-0.15, -0.1) is 11.6 Å². The van der Waals surface area contributed by atoms with Crippen molar-refractivity contribution in [2.75, 3.05) is 20.3 Å². The number of hydrogen-bond acceptors (Lipinski definition) is 3. The number of hydrogen-bond donors (Lipinski definition) is 0. The summed E-state index contributed by atoms with van der Waals surface area (Å²) in [5.74, 6) is 2.09. The second-order valence-electron chi connectivity index (χ2n) is 5.43. The van der Waals surface area contributed by atoms with E-state index in [0.29, 0.717) is 5.88 Å². The fourth-order valence-corrected chi connectivity index (χ4v) is 3.19. The molecule has 0 radical (unpaired) electrons. The molecule has 2 aromatic rings. The van der Waals surface area contributed by atoms with Crippen LogP contribution in [0.2, 0.25) is 0 Å². The molecule has 0 spiro atoms. The first-order valence-electron chi connectivity index (χ1n) is 6.88. The number of halogens is 1. The van der Waals surface area contributed by atoms with Gasteiger partial charge in [-0.25, -0.2) is 4.98 Å². The third-order valence-corrected chi connectivity index (χ3v) is 4.41. The van der Waals surface area contributed by atoms with Gasteiger partial charge in [0.1, 0.15) is 17.1 Å². The molecule has 4 nitrogen and oxygen atoms in total. The number of ether oxygens (including phenoxy) is 2. The van der Waals surface area contributed by atoms with Crippen molar-refractivity contribution in [3.05, 3.63) is 24.0 Å². The van der Waals surface area contributed by atoms with Gasteiger partial charge in [0.25, 0.3) is 0 Å². The normalized spacial score (nSPS) is 18.4. The van der Waals surface area contributed by atoms with E-state index in [1.807, 2.05) is 12.1 Å². The summed E-state index contributed by atoms with van der Waals surface area (Å²) < 4.78 is 13.2. The summed E-state index contributed by atoms with van der Waals surface area (Å²) in [5, 5.41) is 0. The number of alkyl halides is 1. The van der Waals surface area contributed by atoms with E-state index in [1.165, 1.54) is 0 Å². The maximum Gasteiger partial charge on any atom is 0.146 e. The van der Waals surface area contributed by atoms with Crippen molar-refractivity contribution in [1.82, 2.24) is 9.55 Å². The van der Waals surface area contributed by atoms with Gasteiger partial charge < -0.3 is 14.0 Å². The molecule has 0 N–H and O–H groups in total. The number of imidazole rings is 1. The number of rotatable bonds is 3. The Morgan fingerprint density at radius 3 is 2.80 bits per heavy atom. The molecule has 0 saturated carbocycles. The predicted molar refractivity (Wildman–Crippen MR) is 79.5 cm³/mol. The highest BCUT2D eigenvalue weighted by Gasteiger charge is 2.33. The molecule has 0 unspecified atom stereocenters. The molecule has 1 aromatic carbocycles. The van der Waals surface area contributed by atoms with Crippen LogP contribution < -0.4 is 4.74 Å². The minimum Gasteiger partial charge on any atom is -0.494 e. The van der Waals surface area contributed by atoms with E-state index < -0.39 is 0 Å². The number of fused-ring (bicyclic) bond motifs is 1. The zero-order valence-corrected chi connectivity index (χ0v) is 12.6. The Morgan fingerprint density at radius 2 is 2.15 bits per heavy atom. The third kappa shape index (κ3) is 2.07. The van der Waals surface area contributed by atoms with Crippen LogP contribution >= 0.6 is 11.6 Å². The van der Waals surface area contributed by atoms with Crippen molar-refractivity contribution in [3.63, 3.8) is 0 Å². The standard InChI is InChI=1S/C15H19ClN2O2/c1-15(6-8-20-9-7-15)18-11-4-3-5-12(19-2)14(11)17-13(18)10-16/h3-5H,6-10H2,1-2H3. The van der Waals surface area contributed by atoms with Crippen LogP contribution in [0.1, 0.15) is 25.6 Å². The van der Waals surface area contributed by atoms with Gasteiger partial charge in [0.2, 0.25) is 0 Å². The fourth-order valence-electron chi connectivity index (χ4n) is 3.01. The van der Waals surface area contributed by atoms with Crippen LogP contribution in [0.3, 0.4) is 0 Å². The Morgan fingerprint density at radius 1 is 1.40 bits per heavy atom. The first-order chi connectivity index (χ1) is 9.69. The summed E-state index contributed by atoms with van der Waals surface area (Å²) in [5.41, 5.74) is 1.98. The molecule has 0 amide bonds. The van der Waals surface area contributed by atoms with Crippen LogP contribution in [-0.4, -0.2) is 29.9 Å². The van der Waals surface area contributed by atoms with E-state index in [1.54, 1.807) is 7.11 Å². The Labute approximate surface area is 123 Å². The minimum atomic E-state index is 0.00356. The van der Waals surface area contributed by atoms with Crippen LogP contribution in [0.5, 0.6) is 5.75 Å². The van der Waals surface area contributed by atoms with Crippen LogP contribution in [0, 0.1) is 0 Å². The van der Waals surface area contributed by atoms with Crippen LogP contribution in [0.25, 0.3) is 11.0 Å². The molecule has 3 rings (SSSR count). The van der Waals surface area contributed by atoms with E-state index >= 15 is 0 Å². The minimum absolute atomic E-state index is 0.00356. The van der Waals surface area contributed by atoms with Crippen molar-refractivity contribution < 1.29 is 9.47 Å². The number of para-hydroxylation sites is 1. The van der Waals surface area contributed by atoms with Gasteiger partial charge in [-0.3, -0.25) is 0 Å². The lowest BCUT2D eigenvalue weighted by Crippen LogP contribution is -2.37. The lowest BCUT2D eigenvalue weighted by Gasteiger charge is -2.36. The highest BCUT2D eigenvalue weighted by molar-refractivity contribution is 6.16. The molecule has 1 aromatic heterocycles. The second kappa shape index (κ2) is 5.26. The molecule has 20 heavy (non-hydrogen) atoms. The van der Waals surface area contributed by atoms with E-state index in [-0.39, 0.29) is 5.54 Å². The third-order valence-electron chi connectivity index (χ3n) is 4.17. The average molecular weight is 295 g/mol. The molecule has 1 saturated heterocycles. The van der Waals surface area contributed by atoms with Gasteiger partial charge >= 0.3 is 0 Å². The van der Waals surface area contributed by atoms with Gasteiger partial charge in [-0.1, -0.05) is 6.07 Å². The Bertz CT molecular complexity index is 618. The number of aromatic nitrogens is 2. The van der Waals surface area contributed by atoms with Crippen molar-refractivity contribution in [3.8, 4) is 5.75 Å². The van der Waals surface area contributed by atoms with Gasteiger partial charge in [0, 0.05) is 18.8 Å². The van der Waals surface area contributed by atoms with Gasteiger partial charge in [-0.2, -0.15) is 0 Å². The molecular formula is C15H19ClN2O2. The van der Waals surface area contributed by atoms with Gasteiger partial charge in [0.05, 0.1) is 18.5 Å². The zero-order valence-electron chi connectivity index (χ0n) is 11.9. The van der Waals surface area contributed by atoms with Gasteiger partial charge in [-0.05, 0) is 31.9 Å². The first-order valence-corrected chi connectivity index (χ1v) is 7.41. The lowest BCUT2D eigenvalue weighted by molar-refractivity contribution is 0.0303. The Balaban J connectivity index is 2.22. The number of methoxy groups -OCH3 is 1. The summed E-state index contributed by atoms with van der Waals surface area (Å²) in [4.78, 5) is 4.69. The van der Waals surface area contributed by atoms with Crippen LogP contribution in [0.4, 0.5) is 0 Å². The molecule has 108 valence electrons. The van der Waals surface area contributed by atoms with E-state index in [4.69, 9.17) is 21.1 Å². The molecule has 0 atom stereocenters. The van der Waals surface area contributed by atoms with Crippen molar-refractivity contribution in [2.45, 2.75) is 31.2 Å². The molecular weight excluding hydrogens is 276 g/mol. The summed E-state index contributed by atoms with van der Waals surface area (Å²) in [6, 6.07) is 6.02. The number of benzene rings is 1. The molecule has 1 aliphatic heterocycles. The SMILES string of the molecule is COc1cccc2c1nc(CCl)n2C1(C)CCOCC1. The Kier molecular flexibility index (Phi) is 3.61.